The molecule has 1 fully saturated rings. The smallest absolute Gasteiger partial charge is 0.174 e. The van der Waals surface area contributed by atoms with Gasteiger partial charge in [0.2, 0.25) is 0 Å². The fraction of sp³-hybridized carbons (Fsp3) is 0.154. The van der Waals surface area contributed by atoms with Crippen LogP contribution in [-0.4, -0.2) is 10.1 Å². The Hall–Kier alpha value is -3.22. The molecular weight excluding hydrogens is 457 g/mol. The highest BCUT2D eigenvalue weighted by Gasteiger charge is 2.42. The van der Waals surface area contributed by atoms with E-state index in [0.717, 1.165) is 28.3 Å². The summed E-state index contributed by atoms with van der Waals surface area (Å²) in [5.41, 5.74) is 4.05. The summed E-state index contributed by atoms with van der Waals surface area (Å²) in [6, 6.07) is 19.8. The van der Waals surface area contributed by atoms with Crippen LogP contribution < -0.4 is 10.2 Å². The van der Waals surface area contributed by atoms with Crippen molar-refractivity contribution in [1.82, 2.24) is 10.3 Å². The zero-order chi connectivity index (χ0) is 23.1. The largest absolute Gasteiger partial charge is 0.459 e. The van der Waals surface area contributed by atoms with E-state index in [9.17, 15) is 4.39 Å². The van der Waals surface area contributed by atoms with Gasteiger partial charge in [-0.25, -0.2) is 4.39 Å². The van der Waals surface area contributed by atoms with Crippen LogP contribution in [0.4, 0.5) is 10.1 Å². The lowest BCUT2D eigenvalue weighted by Gasteiger charge is -2.26. The van der Waals surface area contributed by atoms with Crippen molar-refractivity contribution in [1.29, 1.82) is 0 Å². The summed E-state index contributed by atoms with van der Waals surface area (Å²) in [6.45, 7) is 3.71. The molecule has 1 aliphatic heterocycles. The summed E-state index contributed by atoms with van der Waals surface area (Å²) >= 11 is 12.1. The first-order valence-corrected chi connectivity index (χ1v) is 11.3. The Bertz CT molecular complexity index is 1340. The van der Waals surface area contributed by atoms with E-state index in [0.29, 0.717) is 21.5 Å². The van der Waals surface area contributed by atoms with E-state index in [4.69, 9.17) is 28.2 Å². The number of pyridine rings is 1. The minimum Gasteiger partial charge on any atom is -0.459 e. The van der Waals surface area contributed by atoms with Gasteiger partial charge >= 0.3 is 0 Å². The van der Waals surface area contributed by atoms with Crippen LogP contribution in [0.25, 0.3) is 11.3 Å². The molecule has 0 spiro atoms. The minimum atomic E-state index is -0.314. The van der Waals surface area contributed by atoms with Gasteiger partial charge in [0, 0.05) is 22.5 Å². The lowest BCUT2D eigenvalue weighted by molar-refractivity contribution is 0.439. The number of nitrogens with zero attached hydrogens (tertiary/aromatic N) is 2. The van der Waals surface area contributed by atoms with Gasteiger partial charge in [-0.15, -0.1) is 0 Å². The first kappa shape index (κ1) is 21.6. The number of halogens is 2. The highest BCUT2D eigenvalue weighted by molar-refractivity contribution is 7.80. The molecular formula is C26H21ClFN3OS. The van der Waals surface area contributed by atoms with Crippen LogP contribution in [0.1, 0.15) is 34.7 Å². The molecule has 2 aromatic heterocycles. The minimum absolute atomic E-state index is 0.247. The molecule has 1 N–H and O–H groups in total. The van der Waals surface area contributed by atoms with Gasteiger partial charge in [-0.3, -0.25) is 4.98 Å². The average Bonchev–Trinajstić information content (AvgIpc) is 3.43. The van der Waals surface area contributed by atoms with E-state index in [1.807, 2.05) is 60.4 Å². The Morgan fingerprint density at radius 2 is 1.91 bits per heavy atom. The van der Waals surface area contributed by atoms with Crippen LogP contribution >= 0.6 is 23.8 Å². The van der Waals surface area contributed by atoms with Gasteiger partial charge in [-0.1, -0.05) is 29.8 Å². The second kappa shape index (κ2) is 8.61. The number of furan rings is 1. The quantitative estimate of drug-likeness (QED) is 0.323. The van der Waals surface area contributed by atoms with Crippen LogP contribution in [0.2, 0.25) is 5.02 Å². The molecule has 7 heteroatoms. The van der Waals surface area contributed by atoms with E-state index < -0.39 is 0 Å². The number of benzene rings is 2. The van der Waals surface area contributed by atoms with Crippen molar-refractivity contribution in [2.45, 2.75) is 25.9 Å². The molecule has 0 amide bonds. The maximum Gasteiger partial charge on any atom is 0.174 e. The normalized spacial score (nSPS) is 17.9. The number of aromatic nitrogens is 1. The molecule has 2 atom stereocenters. The highest BCUT2D eigenvalue weighted by atomic mass is 35.5. The van der Waals surface area contributed by atoms with Gasteiger partial charge in [0.05, 0.1) is 11.7 Å². The zero-order valence-corrected chi connectivity index (χ0v) is 19.6. The molecule has 0 bridgehead atoms. The first-order chi connectivity index (χ1) is 15.9. The lowest BCUT2D eigenvalue weighted by atomic mass is 10.0. The van der Waals surface area contributed by atoms with Crippen molar-refractivity contribution in [3.63, 3.8) is 0 Å². The molecule has 3 heterocycles. The molecule has 166 valence electrons. The maximum atomic E-state index is 14.0. The first-order valence-electron chi connectivity index (χ1n) is 10.6. The fourth-order valence-corrected chi connectivity index (χ4v) is 4.75. The third-order valence-corrected chi connectivity index (χ3v) is 6.69. The molecule has 4 aromatic rings. The Morgan fingerprint density at radius 1 is 1.06 bits per heavy atom. The number of aryl methyl sites for hydroxylation is 1. The van der Waals surface area contributed by atoms with Crippen molar-refractivity contribution >= 4 is 34.6 Å². The summed E-state index contributed by atoms with van der Waals surface area (Å²) in [5.74, 6) is 1.18. The standard InChI is InChI=1S/C26H21ClFN3OS/c1-15-14-17(9-10-20(15)28)31-25(24(30-26(31)33)21-8-3-4-13-29-21)23-12-11-22(32-23)18-6-5-7-19(27)16(18)2/h3-14,24-25H,1-2H3,(H,30,33)/t24-,25-/m1/s1. The highest BCUT2D eigenvalue weighted by Crippen LogP contribution is 2.43. The lowest BCUT2D eigenvalue weighted by Crippen LogP contribution is -2.29. The molecule has 0 saturated carbocycles. The van der Waals surface area contributed by atoms with Gasteiger partial charge in [-0.2, -0.15) is 0 Å². The summed E-state index contributed by atoms with van der Waals surface area (Å²) in [7, 11) is 0. The van der Waals surface area contributed by atoms with Crippen molar-refractivity contribution in [3.8, 4) is 11.3 Å². The third-order valence-electron chi connectivity index (χ3n) is 5.97. The SMILES string of the molecule is Cc1cc(N2C(=S)N[C@H](c3ccccn3)[C@H]2c2ccc(-c3cccc(Cl)c3C)o2)ccc1F. The van der Waals surface area contributed by atoms with Gasteiger partial charge in [-0.05, 0) is 85.7 Å². The Kier molecular flexibility index (Phi) is 5.64. The molecule has 2 aromatic carbocycles. The van der Waals surface area contributed by atoms with Crippen molar-refractivity contribution in [2.24, 2.45) is 0 Å². The second-order valence-electron chi connectivity index (χ2n) is 8.04. The van der Waals surface area contributed by atoms with Crippen molar-refractivity contribution in [2.75, 3.05) is 4.90 Å². The molecule has 1 saturated heterocycles. The van der Waals surface area contributed by atoms with Crippen LogP contribution in [0.15, 0.2) is 77.3 Å². The van der Waals surface area contributed by atoms with Crippen molar-refractivity contribution in [3.05, 3.63) is 106 Å². The number of rotatable bonds is 4. The third kappa shape index (κ3) is 3.90. The molecule has 0 aliphatic carbocycles. The van der Waals surface area contributed by atoms with Gasteiger partial charge in [0.15, 0.2) is 5.11 Å². The Labute approximate surface area is 202 Å². The monoisotopic (exact) mass is 477 g/mol. The van der Waals surface area contributed by atoms with Gasteiger partial charge in [0.25, 0.3) is 0 Å². The number of nitrogens with one attached hydrogen (secondary N) is 1. The van der Waals surface area contributed by atoms with Gasteiger partial charge < -0.3 is 14.6 Å². The van der Waals surface area contributed by atoms with Gasteiger partial charge in [0.1, 0.15) is 23.4 Å². The number of thiocarbonyl (C=S) groups is 1. The van der Waals surface area contributed by atoms with Crippen LogP contribution in [-0.2, 0) is 0 Å². The number of hydrogen-bond acceptors (Lipinski definition) is 3. The maximum absolute atomic E-state index is 14.0. The molecule has 0 radical (unpaired) electrons. The summed E-state index contributed by atoms with van der Waals surface area (Å²) in [6.07, 6.45) is 1.75. The second-order valence-corrected chi connectivity index (χ2v) is 8.84. The van der Waals surface area contributed by atoms with Crippen LogP contribution in [0, 0.1) is 19.7 Å². The van der Waals surface area contributed by atoms with E-state index in [-0.39, 0.29) is 17.9 Å². The van der Waals surface area contributed by atoms with E-state index in [2.05, 4.69) is 10.3 Å². The predicted octanol–water partition coefficient (Wildman–Crippen LogP) is 6.93. The van der Waals surface area contributed by atoms with E-state index >= 15 is 0 Å². The topological polar surface area (TPSA) is 41.3 Å². The summed E-state index contributed by atoms with van der Waals surface area (Å²) < 4.78 is 20.4. The summed E-state index contributed by atoms with van der Waals surface area (Å²) in [5, 5.41) is 4.60. The summed E-state index contributed by atoms with van der Waals surface area (Å²) in [4.78, 5) is 6.52. The Balaban J connectivity index is 1.62. The fourth-order valence-electron chi connectivity index (χ4n) is 4.23. The van der Waals surface area contributed by atoms with Crippen LogP contribution in [0.3, 0.4) is 0 Å². The van der Waals surface area contributed by atoms with E-state index in [1.165, 1.54) is 6.07 Å². The Morgan fingerprint density at radius 3 is 2.67 bits per heavy atom. The molecule has 4 nitrogen and oxygen atoms in total. The van der Waals surface area contributed by atoms with E-state index in [1.54, 1.807) is 25.3 Å². The molecule has 0 unspecified atom stereocenters. The average molecular weight is 478 g/mol. The van der Waals surface area contributed by atoms with Crippen molar-refractivity contribution < 1.29 is 8.81 Å². The number of anilines is 1. The van der Waals surface area contributed by atoms with Crippen LogP contribution in [0.5, 0.6) is 0 Å². The zero-order valence-electron chi connectivity index (χ0n) is 18.0. The number of hydrogen-bond donors (Lipinski definition) is 1. The molecule has 1 aliphatic rings. The molecule has 33 heavy (non-hydrogen) atoms. The predicted molar refractivity (Wildman–Crippen MR) is 133 cm³/mol. The molecule has 5 rings (SSSR count).